The van der Waals surface area contributed by atoms with Crippen LogP contribution in [0.4, 0.5) is 0 Å². The third kappa shape index (κ3) is 1.38. The Morgan fingerprint density at radius 3 is 2.86 bits per heavy atom. The van der Waals surface area contributed by atoms with Gasteiger partial charge in [-0.25, -0.2) is 0 Å². The highest BCUT2D eigenvalue weighted by molar-refractivity contribution is 7.99. The lowest BCUT2D eigenvalue weighted by Crippen LogP contribution is -2.04. The third-order valence-electron chi connectivity index (χ3n) is 3.19. The number of nitrogens with zero attached hydrogens (tertiary/aromatic N) is 2. The molecule has 3 heteroatoms. The van der Waals surface area contributed by atoms with Gasteiger partial charge in [-0.05, 0) is 49.7 Å². The third-order valence-corrected chi connectivity index (χ3v) is 4.18. The quantitative estimate of drug-likeness (QED) is 0.705. The van der Waals surface area contributed by atoms with E-state index in [1.54, 1.807) is 11.3 Å². The molecule has 0 aromatic carbocycles. The molecular weight excluding hydrogens is 192 g/mol. The zero-order chi connectivity index (χ0) is 9.54. The van der Waals surface area contributed by atoms with E-state index in [0.29, 0.717) is 0 Å². The second-order valence-electron chi connectivity index (χ2n) is 4.30. The minimum absolute atomic E-state index is 0.751. The van der Waals surface area contributed by atoms with Crippen molar-refractivity contribution in [2.75, 3.05) is 11.5 Å². The monoisotopic (exact) mass is 208 g/mol. The van der Waals surface area contributed by atoms with E-state index in [2.05, 4.69) is 23.4 Å². The molecule has 0 bridgehead atoms. The molecule has 0 N–H and O–H groups in total. The minimum atomic E-state index is 0.751. The van der Waals surface area contributed by atoms with Gasteiger partial charge < -0.3 is 0 Å². The number of fused-ring (bicyclic) bond motifs is 1. The summed E-state index contributed by atoms with van der Waals surface area (Å²) in [5, 5.41) is 4.70. The lowest BCUT2D eigenvalue weighted by molar-refractivity contribution is 0.605. The standard InChI is InChI=1S/C11H16N2S/c1-8-10-4-6-14-7-5-11(10)13(12-8)9-2-3-9/h9H,2-7H2,1H3. The van der Waals surface area contributed by atoms with Gasteiger partial charge in [-0.1, -0.05) is 0 Å². The van der Waals surface area contributed by atoms with Crippen molar-refractivity contribution in [3.63, 3.8) is 0 Å². The molecule has 0 saturated heterocycles. The van der Waals surface area contributed by atoms with Gasteiger partial charge in [-0.3, -0.25) is 4.68 Å². The molecule has 1 aromatic heterocycles. The van der Waals surface area contributed by atoms with Crippen molar-refractivity contribution in [1.29, 1.82) is 0 Å². The maximum absolute atomic E-state index is 4.70. The molecule has 0 amide bonds. The Hall–Kier alpha value is -0.440. The second-order valence-corrected chi connectivity index (χ2v) is 5.52. The van der Waals surface area contributed by atoms with E-state index in [1.807, 2.05) is 0 Å². The zero-order valence-corrected chi connectivity index (χ0v) is 9.44. The molecule has 0 atom stereocenters. The van der Waals surface area contributed by atoms with Gasteiger partial charge in [0.15, 0.2) is 0 Å². The summed E-state index contributed by atoms with van der Waals surface area (Å²) in [6.07, 6.45) is 5.16. The Labute approximate surface area is 89.1 Å². The number of hydrogen-bond donors (Lipinski definition) is 0. The Morgan fingerprint density at radius 2 is 2.07 bits per heavy atom. The highest BCUT2D eigenvalue weighted by atomic mass is 32.2. The average Bonchev–Trinajstić information content (AvgIpc) is 2.99. The molecule has 76 valence electrons. The number of aryl methyl sites for hydroxylation is 1. The molecular formula is C11H16N2S. The summed E-state index contributed by atoms with van der Waals surface area (Å²) in [4.78, 5) is 0. The van der Waals surface area contributed by atoms with E-state index in [4.69, 9.17) is 5.10 Å². The molecule has 3 rings (SSSR count). The molecule has 1 aromatic rings. The largest absolute Gasteiger partial charge is 0.266 e. The van der Waals surface area contributed by atoms with Crippen LogP contribution < -0.4 is 0 Å². The summed E-state index contributed by atoms with van der Waals surface area (Å²) in [5.74, 6) is 2.56. The first-order chi connectivity index (χ1) is 6.86. The van der Waals surface area contributed by atoms with Crippen molar-refractivity contribution in [2.24, 2.45) is 0 Å². The van der Waals surface area contributed by atoms with Gasteiger partial charge in [-0.2, -0.15) is 16.9 Å². The van der Waals surface area contributed by atoms with Crippen molar-refractivity contribution < 1.29 is 0 Å². The molecule has 1 aliphatic heterocycles. The van der Waals surface area contributed by atoms with Gasteiger partial charge in [-0.15, -0.1) is 0 Å². The second kappa shape index (κ2) is 3.30. The van der Waals surface area contributed by atoms with Crippen LogP contribution in [-0.2, 0) is 12.8 Å². The summed E-state index contributed by atoms with van der Waals surface area (Å²) >= 11 is 2.09. The minimum Gasteiger partial charge on any atom is -0.266 e. The van der Waals surface area contributed by atoms with Crippen molar-refractivity contribution in [3.05, 3.63) is 17.0 Å². The zero-order valence-electron chi connectivity index (χ0n) is 8.62. The molecule has 2 aliphatic rings. The molecule has 0 radical (unpaired) electrons. The number of hydrogen-bond acceptors (Lipinski definition) is 2. The predicted molar refractivity (Wildman–Crippen MR) is 60.0 cm³/mol. The Kier molecular flexibility index (Phi) is 2.08. The van der Waals surface area contributed by atoms with Gasteiger partial charge in [0.25, 0.3) is 0 Å². The van der Waals surface area contributed by atoms with E-state index in [1.165, 1.54) is 42.9 Å². The van der Waals surface area contributed by atoms with Crippen LogP contribution in [0.3, 0.4) is 0 Å². The highest BCUT2D eigenvalue weighted by Crippen LogP contribution is 2.37. The van der Waals surface area contributed by atoms with Gasteiger partial charge in [0.1, 0.15) is 0 Å². The van der Waals surface area contributed by atoms with Crippen LogP contribution in [0.5, 0.6) is 0 Å². The van der Waals surface area contributed by atoms with E-state index in [9.17, 15) is 0 Å². The number of thioether (sulfide) groups is 1. The van der Waals surface area contributed by atoms with Crippen molar-refractivity contribution >= 4 is 11.8 Å². The summed E-state index contributed by atoms with van der Waals surface area (Å²) < 4.78 is 2.33. The topological polar surface area (TPSA) is 17.8 Å². The van der Waals surface area contributed by atoms with Crippen LogP contribution in [0.1, 0.15) is 35.8 Å². The van der Waals surface area contributed by atoms with E-state index in [-0.39, 0.29) is 0 Å². The van der Waals surface area contributed by atoms with E-state index in [0.717, 1.165) is 6.04 Å². The Balaban J connectivity index is 2.04. The molecule has 1 fully saturated rings. The first kappa shape index (κ1) is 8.84. The molecule has 0 unspecified atom stereocenters. The summed E-state index contributed by atoms with van der Waals surface area (Å²) in [6, 6.07) is 0.751. The smallest absolute Gasteiger partial charge is 0.0629 e. The lowest BCUT2D eigenvalue weighted by atomic mass is 10.1. The van der Waals surface area contributed by atoms with Gasteiger partial charge in [0.05, 0.1) is 11.7 Å². The predicted octanol–water partition coefficient (Wildman–Crippen LogP) is 2.36. The Morgan fingerprint density at radius 1 is 1.29 bits per heavy atom. The van der Waals surface area contributed by atoms with Crippen molar-refractivity contribution in [3.8, 4) is 0 Å². The Bertz CT molecular complexity index is 352. The molecule has 2 heterocycles. The van der Waals surface area contributed by atoms with Crippen molar-refractivity contribution in [2.45, 2.75) is 38.6 Å². The maximum atomic E-state index is 4.70. The maximum Gasteiger partial charge on any atom is 0.0629 e. The van der Waals surface area contributed by atoms with Crippen LogP contribution >= 0.6 is 11.8 Å². The van der Waals surface area contributed by atoms with Gasteiger partial charge in [0, 0.05) is 5.69 Å². The van der Waals surface area contributed by atoms with Crippen LogP contribution in [-0.4, -0.2) is 21.3 Å². The normalized spacial score (nSPS) is 21.8. The van der Waals surface area contributed by atoms with Gasteiger partial charge in [0.2, 0.25) is 0 Å². The molecule has 1 aliphatic carbocycles. The molecule has 0 spiro atoms. The van der Waals surface area contributed by atoms with E-state index < -0.39 is 0 Å². The summed E-state index contributed by atoms with van der Waals surface area (Å²) in [6.45, 7) is 2.17. The van der Waals surface area contributed by atoms with Gasteiger partial charge >= 0.3 is 0 Å². The fourth-order valence-electron chi connectivity index (χ4n) is 2.29. The van der Waals surface area contributed by atoms with Crippen molar-refractivity contribution in [1.82, 2.24) is 9.78 Å². The first-order valence-electron chi connectivity index (χ1n) is 5.51. The SMILES string of the molecule is Cc1nn(C2CC2)c2c1CCSCC2. The van der Waals surface area contributed by atoms with E-state index >= 15 is 0 Å². The molecule has 14 heavy (non-hydrogen) atoms. The lowest BCUT2D eigenvalue weighted by Gasteiger charge is -2.04. The van der Waals surface area contributed by atoms with Crippen LogP contribution in [0, 0.1) is 6.92 Å². The average molecular weight is 208 g/mol. The first-order valence-corrected chi connectivity index (χ1v) is 6.66. The van der Waals surface area contributed by atoms with Crippen LogP contribution in [0.15, 0.2) is 0 Å². The number of rotatable bonds is 1. The summed E-state index contributed by atoms with van der Waals surface area (Å²) in [5.41, 5.74) is 4.39. The molecule has 2 nitrogen and oxygen atoms in total. The molecule has 1 saturated carbocycles. The summed E-state index contributed by atoms with van der Waals surface area (Å²) in [7, 11) is 0. The fraction of sp³-hybridized carbons (Fsp3) is 0.727. The van der Waals surface area contributed by atoms with Crippen LogP contribution in [0.2, 0.25) is 0 Å². The number of aromatic nitrogens is 2. The highest BCUT2D eigenvalue weighted by Gasteiger charge is 2.29. The fourth-order valence-corrected chi connectivity index (χ4v) is 3.18. The van der Waals surface area contributed by atoms with Crippen LogP contribution in [0.25, 0.3) is 0 Å².